The first-order valence-electron chi connectivity index (χ1n) is 14.2. The molecule has 3 aromatic rings. The van der Waals surface area contributed by atoms with Crippen LogP contribution in [0.4, 0.5) is 0 Å². The van der Waals surface area contributed by atoms with Crippen LogP contribution in [0.1, 0.15) is 65.2 Å². The van der Waals surface area contributed by atoms with Gasteiger partial charge < -0.3 is 18.9 Å². The van der Waals surface area contributed by atoms with Crippen molar-refractivity contribution in [2.75, 3.05) is 13.2 Å². The van der Waals surface area contributed by atoms with Gasteiger partial charge in [0.05, 0.1) is 41.9 Å². The zero-order chi connectivity index (χ0) is 28.1. The van der Waals surface area contributed by atoms with E-state index in [2.05, 4.69) is 0 Å². The molecular weight excluding hydrogens is 550 g/mol. The zero-order valence-corrected chi connectivity index (χ0v) is 24.5. The number of thiazole rings is 1. The number of carbonyl (C=O) groups excluding carboxylic acids is 3. The van der Waals surface area contributed by atoms with E-state index in [0.717, 1.165) is 40.3 Å². The van der Waals surface area contributed by atoms with Crippen LogP contribution >= 0.6 is 22.7 Å². The van der Waals surface area contributed by atoms with Gasteiger partial charge in [0.1, 0.15) is 21.0 Å². The summed E-state index contributed by atoms with van der Waals surface area (Å²) in [5, 5.41) is 2.85. The summed E-state index contributed by atoms with van der Waals surface area (Å²) in [6.07, 6.45) is 5.43. The lowest BCUT2D eigenvalue weighted by Gasteiger charge is -2.28. The van der Waals surface area contributed by atoms with E-state index in [0.29, 0.717) is 55.9 Å². The Balaban J connectivity index is 1.31. The van der Waals surface area contributed by atoms with Crippen LogP contribution in [0.15, 0.2) is 29.6 Å². The van der Waals surface area contributed by atoms with Gasteiger partial charge in [-0.15, -0.1) is 22.7 Å². The minimum atomic E-state index is -0.277. The van der Waals surface area contributed by atoms with Crippen LogP contribution in [-0.4, -0.2) is 42.2 Å². The van der Waals surface area contributed by atoms with Crippen LogP contribution in [0.2, 0.25) is 0 Å². The number of benzene rings is 1. The molecule has 2 heterocycles. The van der Waals surface area contributed by atoms with Crippen molar-refractivity contribution in [2.45, 2.75) is 71.3 Å². The molecule has 2 aliphatic carbocycles. The predicted octanol–water partition coefficient (Wildman–Crippen LogP) is 6.80. The molecule has 2 aromatic heterocycles. The van der Waals surface area contributed by atoms with Gasteiger partial charge in [0.2, 0.25) is 0 Å². The topological polar surface area (TPSA) is 101 Å². The molecule has 0 saturated heterocycles. The van der Waals surface area contributed by atoms with Crippen LogP contribution in [0, 0.1) is 17.8 Å². The highest BCUT2D eigenvalue weighted by Crippen LogP contribution is 2.43. The number of thiophene rings is 1. The Hall–Kier alpha value is -2.98. The molecule has 2 saturated carbocycles. The van der Waals surface area contributed by atoms with Gasteiger partial charge >= 0.3 is 17.9 Å². The predicted molar refractivity (Wildman–Crippen MR) is 154 cm³/mol. The Kier molecular flexibility index (Phi) is 9.36. The third-order valence-electron chi connectivity index (χ3n) is 7.68. The fraction of sp³-hybridized carbons (Fsp3) is 0.533. The van der Waals surface area contributed by atoms with Gasteiger partial charge in [-0.05, 0) is 88.8 Å². The van der Waals surface area contributed by atoms with Crippen molar-refractivity contribution < 1.29 is 33.3 Å². The summed E-state index contributed by atoms with van der Waals surface area (Å²) >= 11 is 3.09. The van der Waals surface area contributed by atoms with E-state index >= 15 is 0 Å². The minimum Gasteiger partial charge on any atom is -0.488 e. The summed E-state index contributed by atoms with van der Waals surface area (Å²) in [5.41, 5.74) is 0.678. The van der Waals surface area contributed by atoms with Crippen LogP contribution in [0.3, 0.4) is 0 Å². The fourth-order valence-corrected chi connectivity index (χ4v) is 7.34. The minimum absolute atomic E-state index is 0.0243. The molecule has 40 heavy (non-hydrogen) atoms. The molecule has 0 amide bonds. The maximum atomic E-state index is 13.2. The number of rotatable bonds is 9. The van der Waals surface area contributed by atoms with Crippen LogP contribution < -0.4 is 9.47 Å². The number of carbonyl (C=O) groups is 3. The summed E-state index contributed by atoms with van der Waals surface area (Å²) in [6.45, 7) is 4.40. The highest BCUT2D eigenvalue weighted by atomic mass is 32.1. The number of hydrogen-bond donors (Lipinski definition) is 0. The van der Waals surface area contributed by atoms with E-state index in [1.54, 1.807) is 24.3 Å². The lowest BCUT2D eigenvalue weighted by atomic mass is 9.82. The maximum Gasteiger partial charge on any atom is 0.314 e. The quantitative estimate of drug-likeness (QED) is 0.200. The number of fused-ring (bicyclic) bond motifs is 1. The van der Waals surface area contributed by atoms with Crippen molar-refractivity contribution in [2.24, 2.45) is 17.8 Å². The first-order chi connectivity index (χ1) is 19.5. The van der Waals surface area contributed by atoms with Crippen LogP contribution in [0.25, 0.3) is 20.1 Å². The molecule has 1 aromatic carbocycles. The normalized spacial score (nSPS) is 22.9. The van der Waals surface area contributed by atoms with Gasteiger partial charge in [-0.3, -0.25) is 14.4 Å². The number of aromatic nitrogens is 1. The Bertz CT molecular complexity index is 1320. The Morgan fingerprint density at radius 3 is 1.95 bits per heavy atom. The second-order valence-corrected chi connectivity index (χ2v) is 12.2. The van der Waals surface area contributed by atoms with Crippen molar-refractivity contribution in [1.82, 2.24) is 4.98 Å². The van der Waals surface area contributed by atoms with E-state index in [9.17, 15) is 14.4 Å². The van der Waals surface area contributed by atoms with Gasteiger partial charge in [-0.2, -0.15) is 0 Å². The van der Waals surface area contributed by atoms with E-state index < -0.39 is 0 Å². The number of hydrogen-bond acceptors (Lipinski definition) is 10. The van der Waals surface area contributed by atoms with Crippen molar-refractivity contribution >= 4 is 50.8 Å². The van der Waals surface area contributed by atoms with Gasteiger partial charge in [0.25, 0.3) is 0 Å². The highest BCUT2D eigenvalue weighted by molar-refractivity contribution is 7.25. The lowest BCUT2D eigenvalue weighted by Crippen LogP contribution is -2.29. The van der Waals surface area contributed by atoms with Gasteiger partial charge in [-0.25, -0.2) is 4.98 Å². The summed E-state index contributed by atoms with van der Waals surface area (Å²) in [7, 11) is 0. The molecule has 10 heteroatoms. The zero-order valence-electron chi connectivity index (χ0n) is 22.9. The first kappa shape index (κ1) is 28.5. The summed E-state index contributed by atoms with van der Waals surface area (Å²) in [4.78, 5) is 43.3. The Morgan fingerprint density at radius 1 is 0.800 bits per heavy atom. The van der Waals surface area contributed by atoms with E-state index in [1.165, 1.54) is 11.3 Å². The smallest absolute Gasteiger partial charge is 0.314 e. The maximum absolute atomic E-state index is 13.2. The molecule has 8 nitrogen and oxygen atoms in total. The molecule has 0 spiro atoms. The second-order valence-electron chi connectivity index (χ2n) is 10.3. The van der Waals surface area contributed by atoms with Crippen LogP contribution in [-0.2, 0) is 23.9 Å². The SMILES string of the molecule is CCOC(=O)C1CCC(Oc2ccc(OC(=O)C3CCC(C(=O)OCC)CC3)c3sc(-c4cccs4)nc23)CC1. The van der Waals surface area contributed by atoms with E-state index in [1.807, 2.05) is 30.5 Å². The molecule has 2 fully saturated rings. The molecule has 214 valence electrons. The standard InChI is InChI=1S/C30H35NO7S2/c1-3-35-28(32)18-7-9-20(10-8-18)30(34)38-23-16-15-22(25-26(23)40-27(31-25)24-6-5-17-39-24)37-21-13-11-19(12-14-21)29(33)36-4-2/h5-6,15-21H,3-4,7-14H2,1-2H3. The average Bonchev–Trinajstić information content (AvgIpc) is 3.66. The first-order valence-corrected chi connectivity index (χ1v) is 15.8. The molecule has 0 radical (unpaired) electrons. The van der Waals surface area contributed by atoms with Crippen molar-refractivity contribution in [3.63, 3.8) is 0 Å². The molecule has 0 atom stereocenters. The number of nitrogens with zero attached hydrogens (tertiary/aromatic N) is 1. The van der Waals surface area contributed by atoms with E-state index in [-0.39, 0.29) is 41.8 Å². The summed E-state index contributed by atoms with van der Waals surface area (Å²) in [5.74, 6) is 0.0925. The average molecular weight is 586 g/mol. The molecular formula is C30H35NO7S2. The van der Waals surface area contributed by atoms with Gasteiger partial charge in [0, 0.05) is 0 Å². The third-order valence-corrected chi connectivity index (χ3v) is 9.79. The summed E-state index contributed by atoms with van der Waals surface area (Å²) < 4.78 is 23.5. The van der Waals surface area contributed by atoms with Crippen molar-refractivity contribution in [3.05, 3.63) is 29.6 Å². The molecule has 5 rings (SSSR count). The Morgan fingerprint density at radius 2 is 1.38 bits per heavy atom. The summed E-state index contributed by atoms with van der Waals surface area (Å²) in [6, 6.07) is 7.63. The molecule has 0 aliphatic heterocycles. The molecule has 2 aliphatic rings. The van der Waals surface area contributed by atoms with E-state index in [4.69, 9.17) is 23.9 Å². The second kappa shape index (κ2) is 13.1. The third kappa shape index (κ3) is 6.49. The molecule has 0 bridgehead atoms. The monoisotopic (exact) mass is 585 g/mol. The lowest BCUT2D eigenvalue weighted by molar-refractivity contribution is -0.151. The fourth-order valence-electron chi connectivity index (χ4n) is 5.51. The number of esters is 3. The molecule has 0 unspecified atom stereocenters. The Labute approximate surface area is 242 Å². The van der Waals surface area contributed by atoms with Crippen molar-refractivity contribution in [1.29, 1.82) is 0 Å². The van der Waals surface area contributed by atoms with Crippen molar-refractivity contribution in [3.8, 4) is 21.4 Å². The largest absolute Gasteiger partial charge is 0.488 e. The van der Waals surface area contributed by atoms with Gasteiger partial charge in [0.15, 0.2) is 5.75 Å². The van der Waals surface area contributed by atoms with Crippen LogP contribution in [0.5, 0.6) is 11.5 Å². The number of ether oxygens (including phenoxy) is 4. The highest BCUT2D eigenvalue weighted by Gasteiger charge is 2.33. The van der Waals surface area contributed by atoms with Gasteiger partial charge in [-0.1, -0.05) is 6.07 Å². The molecule has 0 N–H and O–H groups in total.